The van der Waals surface area contributed by atoms with Gasteiger partial charge in [-0.15, -0.1) is 11.8 Å². The number of hydrogen-bond acceptors (Lipinski definition) is 5. The van der Waals surface area contributed by atoms with E-state index in [0.29, 0.717) is 19.6 Å². The molecule has 0 aliphatic carbocycles. The average Bonchev–Trinajstić information content (AvgIpc) is 2.72. The number of amides is 1. The fraction of sp³-hybridized carbons (Fsp3) is 0.409. The molecule has 3 heterocycles. The molecule has 152 valence electrons. The van der Waals surface area contributed by atoms with Crippen LogP contribution in [0.25, 0.3) is 11.1 Å². The Morgan fingerprint density at radius 2 is 1.83 bits per heavy atom. The number of carboxylic acids is 1. The molecule has 2 aromatic rings. The third kappa shape index (κ3) is 3.96. The van der Waals surface area contributed by atoms with Crippen LogP contribution in [-0.4, -0.2) is 40.7 Å². The first-order valence-electron chi connectivity index (χ1n) is 9.82. The van der Waals surface area contributed by atoms with E-state index in [-0.39, 0.29) is 36.1 Å². The summed E-state index contributed by atoms with van der Waals surface area (Å²) in [4.78, 5) is 38.7. The predicted octanol–water partition coefficient (Wildman–Crippen LogP) is 1.71. The van der Waals surface area contributed by atoms with E-state index in [1.54, 1.807) is 22.7 Å². The molecule has 1 amide bonds. The highest BCUT2D eigenvalue weighted by atomic mass is 32.2. The molecule has 7 heteroatoms. The van der Waals surface area contributed by atoms with Gasteiger partial charge in [0.05, 0.1) is 0 Å². The number of aliphatic carboxylic acids is 1. The Hall–Kier alpha value is -2.54. The van der Waals surface area contributed by atoms with Crippen LogP contribution >= 0.6 is 11.8 Å². The molecule has 2 bridgehead atoms. The van der Waals surface area contributed by atoms with E-state index >= 15 is 0 Å². The van der Waals surface area contributed by atoms with E-state index in [9.17, 15) is 19.5 Å². The summed E-state index contributed by atoms with van der Waals surface area (Å²) in [5.41, 5.74) is 3.08. The minimum atomic E-state index is -1.21. The third-order valence-corrected chi connectivity index (χ3v) is 6.63. The maximum Gasteiger partial charge on any atom is 0.250 e. The van der Waals surface area contributed by atoms with Gasteiger partial charge in [-0.2, -0.15) is 0 Å². The number of fused-ring (bicyclic) bond motifs is 4. The number of likely N-dealkylation sites (tertiary alicyclic amines) is 1. The molecule has 6 nitrogen and oxygen atoms in total. The number of benzene rings is 1. The zero-order valence-corrected chi connectivity index (χ0v) is 17.1. The van der Waals surface area contributed by atoms with Crippen molar-refractivity contribution in [2.45, 2.75) is 36.6 Å². The summed E-state index contributed by atoms with van der Waals surface area (Å²) in [5, 5.41) is 10.7. The van der Waals surface area contributed by atoms with Crippen molar-refractivity contribution >= 4 is 23.6 Å². The molecule has 1 saturated heterocycles. The van der Waals surface area contributed by atoms with Crippen molar-refractivity contribution in [2.24, 2.45) is 5.92 Å². The summed E-state index contributed by atoms with van der Waals surface area (Å²) in [6, 6.07) is 11.8. The van der Waals surface area contributed by atoms with Crippen molar-refractivity contribution in [1.29, 1.82) is 0 Å². The van der Waals surface area contributed by atoms with Crippen LogP contribution in [0.15, 0.2) is 46.1 Å². The number of nitrogens with zero attached hydrogens (tertiary/aromatic N) is 2. The molecule has 1 aromatic heterocycles. The second-order valence-electron chi connectivity index (χ2n) is 7.78. The normalized spacial score (nSPS) is 20.2. The SMILES string of the molecule is CSc1ccc(-c2ccc(=O)n3c2[C@@H]2C[C@@H](CN(C(=O)CCC(=O)[O-])C2)C3)cc1. The third-order valence-electron chi connectivity index (χ3n) is 5.89. The van der Waals surface area contributed by atoms with Gasteiger partial charge in [-0.1, -0.05) is 12.1 Å². The van der Waals surface area contributed by atoms with E-state index in [2.05, 4.69) is 24.3 Å². The number of carbonyl (C=O) groups is 2. The average molecular weight is 412 g/mol. The number of piperidine rings is 1. The topological polar surface area (TPSA) is 82.4 Å². The van der Waals surface area contributed by atoms with E-state index < -0.39 is 5.97 Å². The van der Waals surface area contributed by atoms with Crippen molar-refractivity contribution < 1.29 is 14.7 Å². The molecule has 2 aliphatic rings. The van der Waals surface area contributed by atoms with Crippen LogP contribution < -0.4 is 10.7 Å². The van der Waals surface area contributed by atoms with E-state index in [1.807, 2.05) is 16.9 Å². The highest BCUT2D eigenvalue weighted by Crippen LogP contribution is 2.40. The van der Waals surface area contributed by atoms with Crippen molar-refractivity contribution in [3.05, 3.63) is 52.4 Å². The molecule has 1 fully saturated rings. The second-order valence-corrected chi connectivity index (χ2v) is 8.66. The quantitative estimate of drug-likeness (QED) is 0.700. The summed E-state index contributed by atoms with van der Waals surface area (Å²) in [5.74, 6) is -1.08. The number of carboxylic acid groups (broad SMARTS) is 1. The molecule has 29 heavy (non-hydrogen) atoms. The molecule has 0 saturated carbocycles. The van der Waals surface area contributed by atoms with Gasteiger partial charge < -0.3 is 19.4 Å². The van der Waals surface area contributed by atoms with Gasteiger partial charge in [0.25, 0.3) is 5.56 Å². The smallest absolute Gasteiger partial charge is 0.250 e. The van der Waals surface area contributed by atoms with Crippen LogP contribution in [0.1, 0.15) is 30.9 Å². The molecule has 0 spiro atoms. The number of aromatic nitrogens is 1. The van der Waals surface area contributed by atoms with Gasteiger partial charge in [-0.3, -0.25) is 9.59 Å². The van der Waals surface area contributed by atoms with E-state index in [4.69, 9.17) is 0 Å². The Kier molecular flexibility index (Phi) is 5.50. The summed E-state index contributed by atoms with van der Waals surface area (Å²) in [7, 11) is 0. The lowest BCUT2D eigenvalue weighted by Crippen LogP contribution is -2.49. The lowest BCUT2D eigenvalue weighted by atomic mass is 9.80. The monoisotopic (exact) mass is 411 g/mol. The summed E-state index contributed by atoms with van der Waals surface area (Å²) >= 11 is 1.68. The number of rotatable bonds is 5. The highest BCUT2D eigenvalue weighted by molar-refractivity contribution is 7.98. The molecule has 2 aliphatic heterocycles. The van der Waals surface area contributed by atoms with Gasteiger partial charge in [0, 0.05) is 60.2 Å². The van der Waals surface area contributed by atoms with E-state index in [0.717, 1.165) is 23.2 Å². The van der Waals surface area contributed by atoms with Crippen molar-refractivity contribution in [3.63, 3.8) is 0 Å². The minimum Gasteiger partial charge on any atom is -0.550 e. The predicted molar refractivity (Wildman–Crippen MR) is 110 cm³/mol. The number of hydrogen-bond donors (Lipinski definition) is 0. The number of carbonyl (C=O) groups excluding carboxylic acids is 2. The van der Waals surface area contributed by atoms with Crippen molar-refractivity contribution in [2.75, 3.05) is 19.3 Å². The first kappa shape index (κ1) is 19.8. The summed E-state index contributed by atoms with van der Waals surface area (Å²) in [6.45, 7) is 1.67. The zero-order valence-electron chi connectivity index (χ0n) is 16.3. The molecule has 0 unspecified atom stereocenters. The zero-order chi connectivity index (χ0) is 20.5. The van der Waals surface area contributed by atoms with Gasteiger partial charge in [-0.05, 0) is 48.8 Å². The Bertz CT molecular complexity index is 999. The van der Waals surface area contributed by atoms with Crippen LogP contribution in [0.2, 0.25) is 0 Å². The largest absolute Gasteiger partial charge is 0.550 e. The molecule has 0 N–H and O–H groups in total. The maximum absolute atomic E-state index is 12.6. The number of pyridine rings is 1. The van der Waals surface area contributed by atoms with Crippen LogP contribution in [0.5, 0.6) is 0 Å². The van der Waals surface area contributed by atoms with Crippen LogP contribution in [-0.2, 0) is 16.1 Å². The fourth-order valence-corrected chi connectivity index (χ4v) is 5.01. The van der Waals surface area contributed by atoms with Crippen LogP contribution in [0.4, 0.5) is 0 Å². The lowest BCUT2D eigenvalue weighted by molar-refractivity contribution is -0.305. The van der Waals surface area contributed by atoms with Crippen LogP contribution in [0.3, 0.4) is 0 Å². The van der Waals surface area contributed by atoms with Gasteiger partial charge in [0.15, 0.2) is 0 Å². The second kappa shape index (κ2) is 8.06. The van der Waals surface area contributed by atoms with E-state index in [1.165, 1.54) is 4.90 Å². The van der Waals surface area contributed by atoms with Crippen molar-refractivity contribution in [1.82, 2.24) is 9.47 Å². The molecule has 1 aromatic carbocycles. The summed E-state index contributed by atoms with van der Waals surface area (Å²) < 4.78 is 1.87. The fourth-order valence-electron chi connectivity index (χ4n) is 4.60. The molecule has 2 atom stereocenters. The standard InChI is InChI=1S/C22H24N2O4S/c1-29-17-4-2-15(3-5-17)18-6-7-20(26)24-12-14-10-16(22(18)24)13-23(11-14)19(25)8-9-21(27)28/h2-7,14,16H,8-13H2,1H3,(H,27,28)/p-1/t14-,16+/m0/s1. The first-order chi connectivity index (χ1) is 14.0. The molecular formula is C22H23N2O4S-. The Morgan fingerprint density at radius 3 is 2.52 bits per heavy atom. The molecular weight excluding hydrogens is 388 g/mol. The maximum atomic E-state index is 12.6. The highest BCUT2D eigenvalue weighted by Gasteiger charge is 2.37. The van der Waals surface area contributed by atoms with Crippen molar-refractivity contribution in [3.8, 4) is 11.1 Å². The first-order valence-corrected chi connectivity index (χ1v) is 11.0. The van der Waals surface area contributed by atoms with Gasteiger partial charge in [0.2, 0.25) is 5.91 Å². The number of thioether (sulfide) groups is 1. The van der Waals surface area contributed by atoms with Gasteiger partial charge in [0.1, 0.15) is 0 Å². The molecule has 4 rings (SSSR count). The Balaban J connectivity index is 1.67. The van der Waals surface area contributed by atoms with Gasteiger partial charge >= 0.3 is 0 Å². The summed E-state index contributed by atoms with van der Waals surface area (Å²) in [6.07, 6.45) is 2.68. The minimum absolute atomic E-state index is 0.00379. The van der Waals surface area contributed by atoms with Gasteiger partial charge in [-0.25, -0.2) is 0 Å². The molecule has 0 radical (unpaired) electrons. The lowest BCUT2D eigenvalue weighted by Gasteiger charge is -2.43. The Morgan fingerprint density at radius 1 is 1.07 bits per heavy atom. The van der Waals surface area contributed by atoms with Crippen LogP contribution in [0, 0.1) is 5.92 Å². The Labute approximate surface area is 173 Å².